The third-order valence-corrected chi connectivity index (χ3v) is 2.37. The van der Waals surface area contributed by atoms with Gasteiger partial charge in [-0.3, -0.25) is 0 Å². The van der Waals surface area contributed by atoms with E-state index in [0.717, 1.165) is 13.0 Å². The van der Waals surface area contributed by atoms with E-state index in [-0.39, 0.29) is 6.10 Å². The Hall–Kier alpha value is -0.590. The predicted octanol–water partition coefficient (Wildman–Crippen LogP) is 2.60. The molecule has 0 aliphatic carbocycles. The number of nitrogens with two attached hydrogens (primary N) is 1. The molecule has 0 radical (unpaired) electrons. The molecule has 0 saturated heterocycles. The highest BCUT2D eigenvalue weighted by atomic mass is 16.5. The highest BCUT2D eigenvalue weighted by Gasteiger charge is 2.20. The third-order valence-electron chi connectivity index (χ3n) is 2.37. The van der Waals surface area contributed by atoms with Gasteiger partial charge in [0.25, 0.3) is 0 Å². The van der Waals surface area contributed by atoms with Crippen molar-refractivity contribution in [3.63, 3.8) is 0 Å². The van der Waals surface area contributed by atoms with E-state index in [0.29, 0.717) is 6.42 Å². The van der Waals surface area contributed by atoms with Crippen LogP contribution in [-0.4, -0.2) is 18.2 Å². The number of nitriles is 1. The summed E-state index contributed by atoms with van der Waals surface area (Å²) in [7, 11) is 0. The Morgan fingerprint density at radius 2 is 2.07 bits per heavy atom. The Kier molecular flexibility index (Phi) is 7.37. The van der Waals surface area contributed by atoms with Crippen LogP contribution in [0.1, 0.15) is 52.9 Å². The summed E-state index contributed by atoms with van der Waals surface area (Å²) in [5, 5.41) is 8.75. The molecular weight excluding hydrogens is 188 g/mol. The van der Waals surface area contributed by atoms with Crippen molar-refractivity contribution >= 4 is 0 Å². The molecule has 0 amide bonds. The van der Waals surface area contributed by atoms with Gasteiger partial charge in [-0.1, -0.05) is 26.2 Å². The second-order valence-electron chi connectivity index (χ2n) is 4.48. The summed E-state index contributed by atoms with van der Waals surface area (Å²) in [4.78, 5) is 0. The first kappa shape index (κ1) is 14.4. The highest BCUT2D eigenvalue weighted by Crippen LogP contribution is 2.11. The standard InChI is InChI=1S/C12H24N2O/c1-4-5-6-7-8-15-11(2)9-12(3,14)10-13/h11H,4-9,14H2,1-3H3. The zero-order chi connectivity index (χ0) is 11.7. The minimum atomic E-state index is -0.761. The van der Waals surface area contributed by atoms with Gasteiger partial charge in [0.05, 0.1) is 12.2 Å². The molecule has 3 nitrogen and oxygen atoms in total. The summed E-state index contributed by atoms with van der Waals surface area (Å²) in [6.45, 7) is 6.69. The lowest BCUT2D eigenvalue weighted by atomic mass is 9.98. The maximum absolute atomic E-state index is 8.75. The monoisotopic (exact) mass is 212 g/mol. The molecule has 0 aromatic heterocycles. The number of unbranched alkanes of at least 4 members (excludes halogenated alkanes) is 3. The van der Waals surface area contributed by atoms with Gasteiger partial charge in [0, 0.05) is 13.0 Å². The predicted molar refractivity (Wildman–Crippen MR) is 62.4 cm³/mol. The van der Waals surface area contributed by atoms with Crippen molar-refractivity contribution in [1.82, 2.24) is 0 Å². The lowest BCUT2D eigenvalue weighted by Gasteiger charge is -2.20. The van der Waals surface area contributed by atoms with E-state index in [2.05, 4.69) is 13.0 Å². The number of ether oxygens (including phenoxy) is 1. The van der Waals surface area contributed by atoms with Crippen LogP contribution in [0.3, 0.4) is 0 Å². The normalized spacial score (nSPS) is 16.7. The fourth-order valence-electron chi connectivity index (χ4n) is 1.52. The van der Waals surface area contributed by atoms with Gasteiger partial charge in [0.1, 0.15) is 5.54 Å². The lowest BCUT2D eigenvalue weighted by molar-refractivity contribution is 0.0490. The molecule has 15 heavy (non-hydrogen) atoms. The van der Waals surface area contributed by atoms with Crippen molar-refractivity contribution in [3.05, 3.63) is 0 Å². The first-order valence-electron chi connectivity index (χ1n) is 5.83. The van der Waals surface area contributed by atoms with Gasteiger partial charge in [-0.25, -0.2) is 0 Å². The SMILES string of the molecule is CCCCCCOC(C)CC(C)(N)C#N. The Labute approximate surface area is 93.6 Å². The Bertz CT molecular complexity index is 196. The zero-order valence-corrected chi connectivity index (χ0v) is 10.3. The first-order valence-corrected chi connectivity index (χ1v) is 5.83. The molecule has 2 atom stereocenters. The molecule has 2 N–H and O–H groups in total. The Morgan fingerprint density at radius 1 is 1.40 bits per heavy atom. The largest absolute Gasteiger partial charge is 0.378 e. The van der Waals surface area contributed by atoms with Crippen LogP contribution in [0.15, 0.2) is 0 Å². The van der Waals surface area contributed by atoms with Crippen molar-refractivity contribution in [2.45, 2.75) is 64.5 Å². The van der Waals surface area contributed by atoms with Gasteiger partial charge in [0.15, 0.2) is 0 Å². The van der Waals surface area contributed by atoms with Crippen LogP contribution in [-0.2, 0) is 4.74 Å². The topological polar surface area (TPSA) is 59.0 Å². The molecule has 0 aliphatic rings. The minimum Gasteiger partial charge on any atom is -0.378 e. The third kappa shape index (κ3) is 8.41. The van der Waals surface area contributed by atoms with Crippen LogP contribution in [0.25, 0.3) is 0 Å². The molecule has 0 saturated carbocycles. The number of rotatable bonds is 8. The van der Waals surface area contributed by atoms with E-state index in [1.807, 2.05) is 6.92 Å². The molecule has 0 aromatic rings. The molecule has 0 bridgehead atoms. The molecular formula is C12H24N2O. The zero-order valence-electron chi connectivity index (χ0n) is 10.3. The van der Waals surface area contributed by atoms with Gasteiger partial charge >= 0.3 is 0 Å². The number of hydrogen-bond acceptors (Lipinski definition) is 3. The fourth-order valence-corrected chi connectivity index (χ4v) is 1.52. The number of hydrogen-bond donors (Lipinski definition) is 1. The molecule has 0 aliphatic heterocycles. The summed E-state index contributed by atoms with van der Waals surface area (Å²) in [5.74, 6) is 0. The lowest BCUT2D eigenvalue weighted by Crippen LogP contribution is -2.38. The second kappa shape index (κ2) is 7.67. The molecule has 2 unspecified atom stereocenters. The van der Waals surface area contributed by atoms with Gasteiger partial charge in [-0.05, 0) is 20.3 Å². The summed E-state index contributed by atoms with van der Waals surface area (Å²) in [6, 6.07) is 2.08. The molecule has 88 valence electrons. The Morgan fingerprint density at radius 3 is 2.60 bits per heavy atom. The van der Waals surface area contributed by atoms with E-state index in [4.69, 9.17) is 15.7 Å². The molecule has 0 rings (SSSR count). The van der Waals surface area contributed by atoms with Crippen LogP contribution >= 0.6 is 0 Å². The van der Waals surface area contributed by atoms with Crippen molar-refractivity contribution in [2.24, 2.45) is 5.73 Å². The quantitative estimate of drug-likeness (QED) is 0.629. The minimum absolute atomic E-state index is 0.0706. The van der Waals surface area contributed by atoms with Crippen molar-refractivity contribution in [3.8, 4) is 6.07 Å². The van der Waals surface area contributed by atoms with E-state index in [9.17, 15) is 0 Å². The average Bonchev–Trinajstić information content (AvgIpc) is 2.17. The average molecular weight is 212 g/mol. The summed E-state index contributed by atoms with van der Waals surface area (Å²) in [5.41, 5.74) is 4.97. The van der Waals surface area contributed by atoms with Crippen molar-refractivity contribution in [1.29, 1.82) is 5.26 Å². The first-order chi connectivity index (χ1) is 7.02. The van der Waals surface area contributed by atoms with E-state index in [1.54, 1.807) is 6.92 Å². The van der Waals surface area contributed by atoms with Gasteiger partial charge in [-0.15, -0.1) is 0 Å². The van der Waals surface area contributed by atoms with E-state index >= 15 is 0 Å². The van der Waals surface area contributed by atoms with Crippen molar-refractivity contribution in [2.75, 3.05) is 6.61 Å². The van der Waals surface area contributed by atoms with Crippen LogP contribution in [0.2, 0.25) is 0 Å². The summed E-state index contributed by atoms with van der Waals surface area (Å²) < 4.78 is 5.60. The highest BCUT2D eigenvalue weighted by molar-refractivity contribution is 5.01. The van der Waals surface area contributed by atoms with E-state index in [1.165, 1.54) is 19.3 Å². The molecule has 0 heterocycles. The molecule has 0 spiro atoms. The van der Waals surface area contributed by atoms with Gasteiger partial charge in [-0.2, -0.15) is 5.26 Å². The van der Waals surface area contributed by atoms with Crippen LogP contribution in [0, 0.1) is 11.3 Å². The molecule has 0 aromatic carbocycles. The van der Waals surface area contributed by atoms with E-state index < -0.39 is 5.54 Å². The smallest absolute Gasteiger partial charge is 0.103 e. The molecule has 3 heteroatoms. The van der Waals surface area contributed by atoms with Crippen molar-refractivity contribution < 1.29 is 4.74 Å². The Balaban J connectivity index is 3.50. The number of nitrogens with zero attached hydrogens (tertiary/aromatic N) is 1. The van der Waals surface area contributed by atoms with Gasteiger partial charge < -0.3 is 10.5 Å². The van der Waals surface area contributed by atoms with Crippen LogP contribution in [0.4, 0.5) is 0 Å². The second-order valence-corrected chi connectivity index (χ2v) is 4.48. The van der Waals surface area contributed by atoms with Gasteiger partial charge in [0.2, 0.25) is 0 Å². The molecule has 0 fully saturated rings. The fraction of sp³-hybridized carbons (Fsp3) is 0.917. The maximum Gasteiger partial charge on any atom is 0.103 e. The maximum atomic E-state index is 8.75. The van der Waals surface area contributed by atoms with Crippen LogP contribution in [0.5, 0.6) is 0 Å². The van der Waals surface area contributed by atoms with Crippen LogP contribution < -0.4 is 5.73 Å². The summed E-state index contributed by atoms with van der Waals surface area (Å²) in [6.07, 6.45) is 5.50. The summed E-state index contributed by atoms with van der Waals surface area (Å²) >= 11 is 0.